The first-order valence-corrected chi connectivity index (χ1v) is 6.81. The van der Waals surface area contributed by atoms with E-state index in [4.69, 9.17) is 0 Å². The molecular weight excluding hydrogens is 214 g/mol. The first-order valence-electron chi connectivity index (χ1n) is 5.82. The quantitative estimate of drug-likeness (QED) is 0.566. The molecule has 16 heavy (non-hydrogen) atoms. The molecule has 0 aromatic heterocycles. The molecule has 1 atom stereocenters. The van der Waals surface area contributed by atoms with Crippen LogP contribution in [0.15, 0.2) is 41.8 Å². The first kappa shape index (κ1) is 13.3. The van der Waals surface area contributed by atoms with Gasteiger partial charge in [-0.15, -0.1) is 18.3 Å². The van der Waals surface area contributed by atoms with Crippen molar-refractivity contribution in [1.82, 2.24) is 5.32 Å². The van der Waals surface area contributed by atoms with E-state index in [0.717, 1.165) is 18.6 Å². The van der Waals surface area contributed by atoms with Crippen LogP contribution in [0.1, 0.15) is 31.4 Å². The predicted molar refractivity (Wildman–Crippen MR) is 74.1 cm³/mol. The molecule has 0 saturated heterocycles. The molecule has 0 amide bonds. The van der Waals surface area contributed by atoms with E-state index >= 15 is 0 Å². The minimum atomic E-state index is 0.443. The van der Waals surface area contributed by atoms with Crippen molar-refractivity contribution in [1.29, 1.82) is 0 Å². The number of hydrogen-bond acceptors (Lipinski definition) is 2. The smallest absolute Gasteiger partial charge is 0.0320 e. The highest BCUT2D eigenvalue weighted by Gasteiger charge is 2.07. The Morgan fingerprint density at radius 1 is 1.38 bits per heavy atom. The zero-order chi connectivity index (χ0) is 11.8. The van der Waals surface area contributed by atoms with Gasteiger partial charge in [0.05, 0.1) is 0 Å². The van der Waals surface area contributed by atoms with Crippen LogP contribution in [-0.4, -0.2) is 12.8 Å². The number of hydrogen-bond donors (Lipinski definition) is 1. The summed E-state index contributed by atoms with van der Waals surface area (Å²) >= 11 is 1.88. The van der Waals surface area contributed by atoms with Crippen molar-refractivity contribution < 1.29 is 0 Å². The molecule has 0 aliphatic heterocycles. The van der Waals surface area contributed by atoms with Gasteiger partial charge in [0.25, 0.3) is 0 Å². The van der Waals surface area contributed by atoms with Crippen LogP contribution < -0.4 is 5.32 Å². The number of nitrogens with one attached hydrogen (secondary N) is 1. The molecule has 1 aromatic rings. The average Bonchev–Trinajstić information content (AvgIpc) is 2.32. The zero-order valence-corrected chi connectivity index (χ0v) is 11.0. The van der Waals surface area contributed by atoms with Crippen LogP contribution in [-0.2, 0) is 0 Å². The van der Waals surface area contributed by atoms with Gasteiger partial charge in [-0.25, -0.2) is 0 Å². The summed E-state index contributed by atoms with van der Waals surface area (Å²) in [5.41, 5.74) is 1.37. The molecule has 0 bridgehead atoms. The lowest BCUT2D eigenvalue weighted by molar-refractivity contribution is 0.554. The number of thioether (sulfide) groups is 1. The van der Waals surface area contributed by atoms with Crippen LogP contribution in [0.3, 0.4) is 0 Å². The SMILES string of the molecule is C=CCCC(NC)c1ccc(SCC)cc1. The molecule has 88 valence electrons. The maximum atomic E-state index is 3.77. The third-order valence-electron chi connectivity index (χ3n) is 2.60. The van der Waals surface area contributed by atoms with Gasteiger partial charge in [0.2, 0.25) is 0 Å². The standard InChI is InChI=1S/C14H21NS/c1-4-6-7-14(15-3)12-8-10-13(11-9-12)16-5-2/h4,8-11,14-15H,1,5-7H2,2-3H3. The van der Waals surface area contributed by atoms with Crippen LogP contribution >= 0.6 is 11.8 Å². The summed E-state index contributed by atoms with van der Waals surface area (Å²) < 4.78 is 0. The van der Waals surface area contributed by atoms with Crippen LogP contribution in [0.25, 0.3) is 0 Å². The Kier molecular flexibility index (Phi) is 6.27. The maximum Gasteiger partial charge on any atom is 0.0320 e. The first-order chi connectivity index (χ1) is 7.81. The predicted octanol–water partition coefficient (Wildman–Crippen LogP) is 4.03. The third-order valence-corrected chi connectivity index (χ3v) is 3.50. The van der Waals surface area contributed by atoms with Gasteiger partial charge in [0.1, 0.15) is 0 Å². The molecule has 0 fully saturated rings. The molecule has 0 radical (unpaired) electrons. The van der Waals surface area contributed by atoms with Crippen molar-refractivity contribution in [3.05, 3.63) is 42.5 Å². The highest BCUT2D eigenvalue weighted by molar-refractivity contribution is 7.99. The van der Waals surface area contributed by atoms with E-state index in [9.17, 15) is 0 Å². The summed E-state index contributed by atoms with van der Waals surface area (Å²) in [6.07, 6.45) is 4.14. The van der Waals surface area contributed by atoms with Crippen LogP contribution in [0.4, 0.5) is 0 Å². The van der Waals surface area contributed by atoms with Crippen LogP contribution in [0.2, 0.25) is 0 Å². The van der Waals surface area contributed by atoms with Crippen molar-refractivity contribution in [2.45, 2.75) is 30.7 Å². The molecule has 1 unspecified atom stereocenters. The van der Waals surface area contributed by atoms with Crippen LogP contribution in [0.5, 0.6) is 0 Å². The fraction of sp³-hybridized carbons (Fsp3) is 0.429. The van der Waals surface area contributed by atoms with Gasteiger partial charge in [0, 0.05) is 10.9 Å². The largest absolute Gasteiger partial charge is 0.313 e. The average molecular weight is 235 g/mol. The van der Waals surface area contributed by atoms with E-state index in [1.54, 1.807) is 0 Å². The Balaban J connectivity index is 2.66. The maximum absolute atomic E-state index is 3.77. The molecule has 1 nitrogen and oxygen atoms in total. The highest BCUT2D eigenvalue weighted by atomic mass is 32.2. The lowest BCUT2D eigenvalue weighted by Gasteiger charge is -2.16. The molecule has 0 aliphatic carbocycles. The molecule has 0 aliphatic rings. The molecule has 0 spiro atoms. The van der Waals surface area contributed by atoms with Crippen molar-refractivity contribution in [3.8, 4) is 0 Å². The summed E-state index contributed by atoms with van der Waals surface area (Å²) in [7, 11) is 2.02. The van der Waals surface area contributed by atoms with E-state index in [1.165, 1.54) is 10.5 Å². The lowest BCUT2D eigenvalue weighted by Crippen LogP contribution is -2.15. The molecule has 0 heterocycles. The second-order valence-electron chi connectivity index (χ2n) is 3.71. The van der Waals surface area contributed by atoms with Crippen LogP contribution in [0, 0.1) is 0 Å². The molecular formula is C14H21NS. The Morgan fingerprint density at radius 2 is 2.06 bits per heavy atom. The number of benzene rings is 1. The second-order valence-corrected chi connectivity index (χ2v) is 5.05. The minimum Gasteiger partial charge on any atom is -0.313 e. The van der Waals surface area contributed by atoms with Gasteiger partial charge in [-0.2, -0.15) is 0 Å². The Labute approximate surface area is 103 Å². The third kappa shape index (κ3) is 4.03. The summed E-state index contributed by atoms with van der Waals surface area (Å²) in [6.45, 7) is 5.95. The van der Waals surface area contributed by atoms with Crippen molar-refractivity contribution in [2.75, 3.05) is 12.8 Å². The van der Waals surface area contributed by atoms with Gasteiger partial charge >= 0.3 is 0 Å². The zero-order valence-electron chi connectivity index (χ0n) is 10.2. The summed E-state index contributed by atoms with van der Waals surface area (Å²) in [5, 5.41) is 3.35. The normalized spacial score (nSPS) is 12.4. The van der Waals surface area contributed by atoms with Gasteiger partial charge in [-0.1, -0.05) is 25.1 Å². The molecule has 0 saturated carbocycles. The summed E-state index contributed by atoms with van der Waals surface area (Å²) in [6, 6.07) is 9.31. The number of allylic oxidation sites excluding steroid dienone is 1. The summed E-state index contributed by atoms with van der Waals surface area (Å²) in [5.74, 6) is 1.13. The highest BCUT2D eigenvalue weighted by Crippen LogP contribution is 2.23. The molecule has 1 aromatic carbocycles. The van der Waals surface area contributed by atoms with E-state index in [2.05, 4.69) is 43.1 Å². The van der Waals surface area contributed by atoms with Gasteiger partial charge in [-0.05, 0) is 43.3 Å². The van der Waals surface area contributed by atoms with Crippen molar-refractivity contribution in [3.63, 3.8) is 0 Å². The molecule has 1 N–H and O–H groups in total. The van der Waals surface area contributed by atoms with Gasteiger partial charge in [0.15, 0.2) is 0 Å². The lowest BCUT2D eigenvalue weighted by atomic mass is 10.0. The monoisotopic (exact) mass is 235 g/mol. The summed E-state index contributed by atoms with van der Waals surface area (Å²) in [4.78, 5) is 1.35. The Morgan fingerprint density at radius 3 is 2.56 bits per heavy atom. The topological polar surface area (TPSA) is 12.0 Å². The Hall–Kier alpha value is -0.730. The van der Waals surface area contributed by atoms with Gasteiger partial charge < -0.3 is 5.32 Å². The second kappa shape index (κ2) is 7.53. The van der Waals surface area contributed by atoms with Crippen molar-refractivity contribution >= 4 is 11.8 Å². The molecule has 2 heteroatoms. The minimum absolute atomic E-state index is 0.443. The van der Waals surface area contributed by atoms with E-state index in [-0.39, 0.29) is 0 Å². The van der Waals surface area contributed by atoms with E-state index in [1.807, 2.05) is 24.9 Å². The van der Waals surface area contributed by atoms with Crippen molar-refractivity contribution in [2.24, 2.45) is 0 Å². The fourth-order valence-corrected chi connectivity index (χ4v) is 2.39. The fourth-order valence-electron chi connectivity index (χ4n) is 1.73. The van der Waals surface area contributed by atoms with Gasteiger partial charge in [-0.3, -0.25) is 0 Å². The van der Waals surface area contributed by atoms with E-state index in [0.29, 0.717) is 6.04 Å². The number of rotatable bonds is 7. The van der Waals surface area contributed by atoms with E-state index < -0.39 is 0 Å². The Bertz CT molecular complexity index is 305. The molecule has 1 rings (SSSR count).